The molecule has 1 saturated heterocycles. The smallest absolute Gasteiger partial charge is 0.243 e. The minimum Gasteiger partial charge on any atom is -0.352 e. The zero-order valence-electron chi connectivity index (χ0n) is 16.3. The minimum atomic E-state index is -3.38. The molecule has 0 aromatic heterocycles. The summed E-state index contributed by atoms with van der Waals surface area (Å²) < 4.78 is 39.6. The van der Waals surface area contributed by atoms with Crippen LogP contribution in [0.15, 0.2) is 58.4 Å². The second-order valence-corrected chi connectivity index (χ2v) is 8.60. The van der Waals surface area contributed by atoms with Gasteiger partial charge in [-0.25, -0.2) is 12.8 Å². The first-order chi connectivity index (χ1) is 13.5. The molecule has 0 aliphatic carbocycles. The number of nitrogens with zero attached hydrogens (tertiary/aromatic N) is 2. The lowest BCUT2D eigenvalue weighted by atomic mass is 10.2. The molecule has 6 nitrogen and oxygen atoms in total. The van der Waals surface area contributed by atoms with E-state index in [2.05, 4.69) is 15.6 Å². The molecule has 158 valence electrons. The lowest BCUT2D eigenvalue weighted by molar-refractivity contribution is 0.477. The van der Waals surface area contributed by atoms with Crippen LogP contribution >= 0.6 is 24.0 Å². The monoisotopic (exact) mass is 532 g/mol. The molecule has 0 saturated carbocycles. The highest BCUT2D eigenvalue weighted by Crippen LogP contribution is 2.21. The van der Waals surface area contributed by atoms with E-state index in [1.54, 1.807) is 35.6 Å². The molecule has 2 N–H and O–H groups in total. The molecule has 0 radical (unpaired) electrons. The second-order valence-electron chi connectivity index (χ2n) is 6.66. The van der Waals surface area contributed by atoms with Gasteiger partial charge in [-0.05, 0) is 48.2 Å². The Morgan fingerprint density at radius 1 is 0.966 bits per heavy atom. The number of rotatable bonds is 6. The van der Waals surface area contributed by atoms with Crippen molar-refractivity contribution in [2.75, 3.05) is 20.1 Å². The molecule has 1 heterocycles. The highest BCUT2D eigenvalue weighted by atomic mass is 127. The summed E-state index contributed by atoms with van der Waals surface area (Å²) in [5.41, 5.74) is 1.89. The maximum absolute atomic E-state index is 13.0. The van der Waals surface area contributed by atoms with Crippen molar-refractivity contribution in [1.82, 2.24) is 14.9 Å². The summed E-state index contributed by atoms with van der Waals surface area (Å²) in [7, 11) is -1.71. The molecule has 0 bridgehead atoms. The van der Waals surface area contributed by atoms with E-state index in [0.29, 0.717) is 37.0 Å². The van der Waals surface area contributed by atoms with Crippen LogP contribution in [0.4, 0.5) is 4.39 Å². The van der Waals surface area contributed by atoms with Gasteiger partial charge in [0.1, 0.15) is 5.82 Å². The van der Waals surface area contributed by atoms with Crippen LogP contribution in [0.2, 0.25) is 0 Å². The summed E-state index contributed by atoms with van der Waals surface area (Å²) in [5.74, 6) is 0.347. The number of nitrogens with one attached hydrogen (secondary N) is 2. The molecule has 1 aliphatic heterocycles. The van der Waals surface area contributed by atoms with E-state index >= 15 is 0 Å². The summed E-state index contributed by atoms with van der Waals surface area (Å²) in [6.07, 6.45) is 1.84. The Hall–Kier alpha value is -1.72. The van der Waals surface area contributed by atoms with Crippen LogP contribution in [0.3, 0.4) is 0 Å². The van der Waals surface area contributed by atoms with Gasteiger partial charge in [-0.1, -0.05) is 24.3 Å². The third kappa shape index (κ3) is 6.38. The van der Waals surface area contributed by atoms with Crippen molar-refractivity contribution in [2.45, 2.75) is 30.8 Å². The zero-order chi connectivity index (χ0) is 20.0. The number of aliphatic imine (C=N–C) groups is 1. The number of hydrogen-bond acceptors (Lipinski definition) is 3. The van der Waals surface area contributed by atoms with Gasteiger partial charge in [0, 0.05) is 33.2 Å². The highest BCUT2D eigenvalue weighted by molar-refractivity contribution is 14.0. The Kier molecular flexibility index (Phi) is 8.84. The standard InChI is InChI=1S/C20H25FN4O2S.HI/c1-22-20(23-14-16-4-8-18(21)9-5-16)24-15-17-6-10-19(11-7-17)28(26,27)25-12-2-3-13-25;/h4-11H,2-3,12-15H2,1H3,(H2,22,23,24);1H. The first-order valence-corrected chi connectivity index (χ1v) is 10.7. The van der Waals surface area contributed by atoms with Crippen molar-refractivity contribution in [3.63, 3.8) is 0 Å². The third-order valence-electron chi connectivity index (χ3n) is 4.68. The molecular formula is C20H26FIN4O2S. The van der Waals surface area contributed by atoms with Gasteiger partial charge in [0.15, 0.2) is 5.96 Å². The number of benzene rings is 2. The van der Waals surface area contributed by atoms with Gasteiger partial charge in [0.25, 0.3) is 0 Å². The maximum atomic E-state index is 13.0. The van der Waals surface area contributed by atoms with Crippen molar-refractivity contribution in [1.29, 1.82) is 0 Å². The molecule has 0 unspecified atom stereocenters. The quantitative estimate of drug-likeness (QED) is 0.341. The van der Waals surface area contributed by atoms with Crippen LogP contribution < -0.4 is 10.6 Å². The van der Waals surface area contributed by atoms with Crippen LogP contribution in [0.1, 0.15) is 24.0 Å². The van der Waals surface area contributed by atoms with Crippen molar-refractivity contribution >= 4 is 40.0 Å². The van der Waals surface area contributed by atoms with Crippen molar-refractivity contribution in [3.05, 3.63) is 65.5 Å². The zero-order valence-corrected chi connectivity index (χ0v) is 19.4. The van der Waals surface area contributed by atoms with Crippen LogP contribution in [-0.4, -0.2) is 38.8 Å². The molecule has 29 heavy (non-hydrogen) atoms. The minimum absolute atomic E-state index is 0. The summed E-state index contributed by atoms with van der Waals surface area (Å²) in [4.78, 5) is 4.49. The number of guanidine groups is 1. The van der Waals surface area contributed by atoms with E-state index in [9.17, 15) is 12.8 Å². The third-order valence-corrected chi connectivity index (χ3v) is 6.60. The summed E-state index contributed by atoms with van der Waals surface area (Å²) in [6.45, 7) is 2.23. The van der Waals surface area contributed by atoms with Gasteiger partial charge in [0.05, 0.1) is 4.90 Å². The number of halogens is 2. The van der Waals surface area contributed by atoms with Crippen LogP contribution in [-0.2, 0) is 23.1 Å². The Balaban J connectivity index is 0.00000300. The first kappa shape index (κ1) is 23.6. The number of sulfonamides is 1. The molecule has 3 rings (SSSR count). The van der Waals surface area contributed by atoms with E-state index in [4.69, 9.17) is 0 Å². The molecule has 2 aromatic carbocycles. The van der Waals surface area contributed by atoms with Crippen LogP contribution in [0.25, 0.3) is 0 Å². The van der Waals surface area contributed by atoms with Crippen molar-refractivity contribution in [3.8, 4) is 0 Å². The van der Waals surface area contributed by atoms with E-state index in [-0.39, 0.29) is 29.8 Å². The van der Waals surface area contributed by atoms with Gasteiger partial charge in [-0.2, -0.15) is 4.31 Å². The molecule has 0 spiro atoms. The average molecular weight is 532 g/mol. The summed E-state index contributed by atoms with van der Waals surface area (Å²) >= 11 is 0. The average Bonchev–Trinajstić information content (AvgIpc) is 3.25. The van der Waals surface area contributed by atoms with E-state index in [1.807, 2.05) is 12.1 Å². The summed E-state index contributed by atoms with van der Waals surface area (Å²) in [5, 5.41) is 6.35. The van der Waals surface area contributed by atoms with Crippen molar-refractivity contribution < 1.29 is 12.8 Å². The largest absolute Gasteiger partial charge is 0.352 e. The predicted molar refractivity (Wildman–Crippen MR) is 123 cm³/mol. The fourth-order valence-electron chi connectivity index (χ4n) is 3.05. The topological polar surface area (TPSA) is 73.8 Å². The van der Waals surface area contributed by atoms with Gasteiger partial charge < -0.3 is 10.6 Å². The molecule has 9 heteroatoms. The highest BCUT2D eigenvalue weighted by Gasteiger charge is 2.26. The Labute approximate surface area is 188 Å². The maximum Gasteiger partial charge on any atom is 0.243 e. The second kappa shape index (κ2) is 10.9. The van der Waals surface area contributed by atoms with E-state index < -0.39 is 10.0 Å². The molecular weight excluding hydrogens is 506 g/mol. The van der Waals surface area contributed by atoms with Gasteiger partial charge >= 0.3 is 0 Å². The predicted octanol–water partition coefficient (Wildman–Crippen LogP) is 3.09. The molecule has 0 amide bonds. The molecule has 2 aromatic rings. The van der Waals surface area contributed by atoms with Crippen LogP contribution in [0.5, 0.6) is 0 Å². The molecule has 1 aliphatic rings. The molecule has 1 fully saturated rings. The van der Waals surface area contributed by atoms with Gasteiger partial charge in [-0.3, -0.25) is 4.99 Å². The Morgan fingerprint density at radius 2 is 1.45 bits per heavy atom. The lowest BCUT2D eigenvalue weighted by Gasteiger charge is -2.16. The lowest BCUT2D eigenvalue weighted by Crippen LogP contribution is -2.36. The normalized spacial score (nSPS) is 15.0. The Morgan fingerprint density at radius 3 is 1.93 bits per heavy atom. The van der Waals surface area contributed by atoms with Gasteiger partial charge in [0.2, 0.25) is 10.0 Å². The number of hydrogen-bond donors (Lipinski definition) is 2. The van der Waals surface area contributed by atoms with Gasteiger partial charge in [-0.15, -0.1) is 24.0 Å². The van der Waals surface area contributed by atoms with E-state index in [0.717, 1.165) is 24.0 Å². The van der Waals surface area contributed by atoms with Crippen molar-refractivity contribution in [2.24, 2.45) is 4.99 Å². The van der Waals surface area contributed by atoms with Crippen LogP contribution in [0, 0.1) is 5.82 Å². The first-order valence-electron chi connectivity index (χ1n) is 9.27. The van der Waals surface area contributed by atoms with E-state index in [1.165, 1.54) is 12.1 Å². The SMILES string of the molecule is CN=C(NCc1ccc(F)cc1)NCc1ccc(S(=O)(=O)N2CCCC2)cc1.I. The molecule has 0 atom stereocenters. The fraction of sp³-hybridized carbons (Fsp3) is 0.350. The summed E-state index contributed by atoms with van der Waals surface area (Å²) in [6, 6.07) is 13.2. The fourth-order valence-corrected chi connectivity index (χ4v) is 4.57. The Bertz CT molecular complexity index is 913.